The van der Waals surface area contributed by atoms with Crippen molar-refractivity contribution in [3.05, 3.63) is 35.9 Å². The van der Waals surface area contributed by atoms with E-state index in [0.717, 1.165) is 23.3 Å². The molecule has 2 fully saturated rings. The van der Waals surface area contributed by atoms with Crippen LogP contribution in [0, 0.1) is 0 Å². The molecule has 1 aromatic rings. The maximum Gasteiger partial charge on any atom is 0.325 e. The summed E-state index contributed by atoms with van der Waals surface area (Å²) in [7, 11) is 0. The van der Waals surface area contributed by atoms with Crippen LogP contribution in [0.3, 0.4) is 0 Å². The smallest absolute Gasteiger partial charge is 0.325 e. The molecule has 6 nitrogen and oxygen atoms in total. The molecule has 2 N–H and O–H groups in total. The maximum atomic E-state index is 12.7. The van der Waals surface area contributed by atoms with Crippen molar-refractivity contribution in [2.24, 2.45) is 0 Å². The van der Waals surface area contributed by atoms with Crippen molar-refractivity contribution < 1.29 is 14.4 Å². The second-order valence-corrected chi connectivity index (χ2v) is 7.13. The lowest BCUT2D eigenvalue weighted by Crippen LogP contribution is -2.50. The molecule has 1 saturated heterocycles. The van der Waals surface area contributed by atoms with Crippen LogP contribution in [0.15, 0.2) is 30.3 Å². The quantitative estimate of drug-likeness (QED) is 0.804. The molecule has 4 amide bonds. The Morgan fingerprint density at radius 3 is 2.48 bits per heavy atom. The number of rotatable bonds is 5. The second kappa shape index (κ2) is 6.86. The molecule has 1 spiro atoms. The van der Waals surface area contributed by atoms with Gasteiger partial charge in [0.1, 0.15) is 11.6 Å². The van der Waals surface area contributed by atoms with Gasteiger partial charge in [-0.1, -0.05) is 50.1 Å². The fourth-order valence-corrected chi connectivity index (χ4v) is 3.73. The van der Waals surface area contributed by atoms with E-state index in [1.165, 1.54) is 0 Å². The van der Waals surface area contributed by atoms with Crippen LogP contribution < -0.4 is 10.6 Å². The number of carbonyl (C=O) groups excluding carboxylic acids is 3. The fourth-order valence-electron chi connectivity index (χ4n) is 3.73. The highest BCUT2D eigenvalue weighted by molar-refractivity contribution is 6.09. The molecule has 1 aliphatic carbocycles. The minimum Gasteiger partial charge on any atom is -0.354 e. The number of benzene rings is 1. The van der Waals surface area contributed by atoms with Crippen LogP contribution in [0.2, 0.25) is 0 Å². The molecule has 0 radical (unpaired) electrons. The van der Waals surface area contributed by atoms with Crippen LogP contribution in [0.4, 0.5) is 4.79 Å². The van der Waals surface area contributed by atoms with Gasteiger partial charge in [-0.05, 0) is 31.2 Å². The summed E-state index contributed by atoms with van der Waals surface area (Å²) in [5.41, 5.74) is 0.360. The number of nitrogens with one attached hydrogen (secondary N) is 2. The molecule has 0 bridgehead atoms. The van der Waals surface area contributed by atoms with E-state index >= 15 is 0 Å². The number of hydrogen-bond acceptors (Lipinski definition) is 3. The summed E-state index contributed by atoms with van der Waals surface area (Å²) >= 11 is 0. The summed E-state index contributed by atoms with van der Waals surface area (Å²) in [6.45, 7) is 4.09. The van der Waals surface area contributed by atoms with Gasteiger partial charge in [-0.3, -0.25) is 9.59 Å². The summed E-state index contributed by atoms with van der Waals surface area (Å²) in [6.07, 6.45) is 3.17. The lowest BCUT2D eigenvalue weighted by Gasteiger charge is -2.24. The molecule has 1 saturated carbocycles. The average Bonchev–Trinajstić information content (AvgIpc) is 3.18. The van der Waals surface area contributed by atoms with Gasteiger partial charge in [0.15, 0.2) is 0 Å². The molecule has 0 aromatic heterocycles. The van der Waals surface area contributed by atoms with Gasteiger partial charge in [0.05, 0.1) is 0 Å². The van der Waals surface area contributed by atoms with Gasteiger partial charge in [0, 0.05) is 6.54 Å². The third-order valence-corrected chi connectivity index (χ3v) is 5.37. The van der Waals surface area contributed by atoms with Crippen LogP contribution in [-0.2, 0) is 9.59 Å². The predicted octanol–water partition coefficient (Wildman–Crippen LogP) is 2.16. The van der Waals surface area contributed by atoms with Crippen molar-refractivity contribution in [2.45, 2.75) is 57.0 Å². The SMILES string of the molecule is CC(CNC(=O)C(C)N1C(=O)NC2(CCCC2)C1=O)c1ccccc1. The van der Waals surface area contributed by atoms with E-state index in [4.69, 9.17) is 0 Å². The normalized spacial score (nSPS) is 21.3. The molecule has 2 unspecified atom stereocenters. The van der Waals surface area contributed by atoms with Crippen LogP contribution in [0.1, 0.15) is 51.0 Å². The molecule has 2 atom stereocenters. The Labute approximate surface area is 148 Å². The second-order valence-electron chi connectivity index (χ2n) is 7.13. The Morgan fingerprint density at radius 2 is 1.84 bits per heavy atom. The molecule has 1 aromatic carbocycles. The molecular formula is C19H25N3O3. The Morgan fingerprint density at radius 1 is 1.20 bits per heavy atom. The summed E-state index contributed by atoms with van der Waals surface area (Å²) in [5, 5.41) is 5.68. The van der Waals surface area contributed by atoms with E-state index in [9.17, 15) is 14.4 Å². The Hall–Kier alpha value is -2.37. The van der Waals surface area contributed by atoms with Crippen LogP contribution in [-0.4, -0.2) is 40.9 Å². The van der Waals surface area contributed by atoms with E-state index in [0.29, 0.717) is 19.4 Å². The van der Waals surface area contributed by atoms with Crippen molar-refractivity contribution in [3.8, 4) is 0 Å². The number of imide groups is 1. The monoisotopic (exact) mass is 343 g/mol. The lowest BCUT2D eigenvalue weighted by molar-refractivity contribution is -0.137. The minimum atomic E-state index is -0.810. The summed E-state index contributed by atoms with van der Waals surface area (Å²) in [5.74, 6) is -0.406. The van der Waals surface area contributed by atoms with Crippen molar-refractivity contribution in [1.82, 2.24) is 15.5 Å². The third-order valence-electron chi connectivity index (χ3n) is 5.37. The predicted molar refractivity (Wildman–Crippen MR) is 93.9 cm³/mol. The number of urea groups is 1. The number of hydrogen-bond donors (Lipinski definition) is 2. The first-order chi connectivity index (χ1) is 11.9. The van der Waals surface area contributed by atoms with E-state index in [2.05, 4.69) is 10.6 Å². The Bertz CT molecular complexity index is 668. The van der Waals surface area contributed by atoms with Gasteiger partial charge < -0.3 is 10.6 Å². The van der Waals surface area contributed by atoms with Crippen LogP contribution in [0.5, 0.6) is 0 Å². The van der Waals surface area contributed by atoms with E-state index < -0.39 is 17.6 Å². The lowest BCUT2D eigenvalue weighted by atomic mass is 9.97. The van der Waals surface area contributed by atoms with Crippen molar-refractivity contribution in [1.29, 1.82) is 0 Å². The molecule has 1 heterocycles. The van der Waals surface area contributed by atoms with Gasteiger partial charge in [-0.25, -0.2) is 9.69 Å². The van der Waals surface area contributed by atoms with E-state index in [-0.39, 0.29) is 17.7 Å². The molecule has 25 heavy (non-hydrogen) atoms. The van der Waals surface area contributed by atoms with Crippen molar-refractivity contribution in [3.63, 3.8) is 0 Å². The molecule has 3 rings (SSSR count). The molecular weight excluding hydrogens is 318 g/mol. The maximum absolute atomic E-state index is 12.7. The molecule has 134 valence electrons. The van der Waals surface area contributed by atoms with Gasteiger partial charge >= 0.3 is 6.03 Å². The number of amides is 4. The summed E-state index contributed by atoms with van der Waals surface area (Å²) in [4.78, 5) is 38.5. The van der Waals surface area contributed by atoms with Crippen LogP contribution >= 0.6 is 0 Å². The Kier molecular flexibility index (Phi) is 4.79. The number of nitrogens with zero attached hydrogens (tertiary/aromatic N) is 1. The summed E-state index contributed by atoms with van der Waals surface area (Å²) < 4.78 is 0. The van der Waals surface area contributed by atoms with E-state index in [1.807, 2.05) is 37.3 Å². The summed E-state index contributed by atoms with van der Waals surface area (Å²) in [6, 6.07) is 8.65. The zero-order valence-electron chi connectivity index (χ0n) is 14.7. The standard InChI is InChI=1S/C19H25N3O3/c1-13(15-8-4-3-5-9-15)12-20-16(23)14(2)22-17(24)19(21-18(22)25)10-6-7-11-19/h3-5,8-9,13-14H,6-7,10-12H2,1-2H3,(H,20,23)(H,21,25). The minimum absolute atomic E-state index is 0.154. The first kappa shape index (κ1) is 17.5. The molecule has 2 aliphatic rings. The van der Waals surface area contributed by atoms with E-state index in [1.54, 1.807) is 6.92 Å². The topological polar surface area (TPSA) is 78.5 Å². The Balaban J connectivity index is 1.61. The highest BCUT2D eigenvalue weighted by atomic mass is 16.2. The first-order valence-electron chi connectivity index (χ1n) is 8.93. The largest absolute Gasteiger partial charge is 0.354 e. The van der Waals surface area contributed by atoms with Gasteiger partial charge in [-0.15, -0.1) is 0 Å². The van der Waals surface area contributed by atoms with Crippen molar-refractivity contribution in [2.75, 3.05) is 6.54 Å². The van der Waals surface area contributed by atoms with Gasteiger partial charge in [0.25, 0.3) is 5.91 Å². The first-order valence-corrected chi connectivity index (χ1v) is 8.93. The fraction of sp³-hybridized carbons (Fsp3) is 0.526. The molecule has 6 heteroatoms. The van der Waals surface area contributed by atoms with Crippen LogP contribution in [0.25, 0.3) is 0 Å². The van der Waals surface area contributed by atoms with Gasteiger partial charge in [-0.2, -0.15) is 0 Å². The average molecular weight is 343 g/mol. The molecule has 1 aliphatic heterocycles. The van der Waals surface area contributed by atoms with Gasteiger partial charge in [0.2, 0.25) is 5.91 Å². The zero-order chi connectivity index (χ0) is 18.0. The number of carbonyl (C=O) groups is 3. The highest BCUT2D eigenvalue weighted by Crippen LogP contribution is 2.35. The van der Waals surface area contributed by atoms with Crippen molar-refractivity contribution >= 4 is 17.8 Å². The third kappa shape index (κ3) is 3.25. The highest BCUT2D eigenvalue weighted by Gasteiger charge is 2.54. The zero-order valence-corrected chi connectivity index (χ0v) is 14.7.